The Morgan fingerprint density at radius 1 is 1.00 bits per heavy atom. The van der Waals surface area contributed by atoms with E-state index in [0.717, 1.165) is 39.9 Å². The molecule has 190 valence electrons. The highest BCUT2D eigenvalue weighted by molar-refractivity contribution is 5.70. The molecule has 0 fully saturated rings. The molecule has 0 saturated heterocycles. The van der Waals surface area contributed by atoms with E-state index in [1.54, 1.807) is 16.0 Å². The van der Waals surface area contributed by atoms with Gasteiger partial charge in [-0.2, -0.15) is 15.3 Å². The van der Waals surface area contributed by atoms with Crippen LogP contribution in [0.15, 0.2) is 83.9 Å². The minimum atomic E-state index is -0.547. The van der Waals surface area contributed by atoms with Crippen molar-refractivity contribution < 1.29 is 5.11 Å². The van der Waals surface area contributed by atoms with Crippen LogP contribution >= 0.6 is 0 Å². The standard InChI is InChI=1S/C31H29N5O2/c1-3-6-29-28(17-22-9-15-25(16-10-22)27-8-5-4-7-26(27)18-32)30(38)35(31-33-20-34-36(29)31)19-23-11-13-24(14-12-23)21(2)37/h4-5,7-16,20-21,37H,3,6,17,19H2,1-2H3. The molecule has 5 aromatic rings. The summed E-state index contributed by atoms with van der Waals surface area (Å²) in [4.78, 5) is 18.4. The Balaban J connectivity index is 1.54. The van der Waals surface area contributed by atoms with Crippen LogP contribution in [0.25, 0.3) is 16.9 Å². The number of fused-ring (bicyclic) bond motifs is 1. The molecule has 7 heteroatoms. The Bertz CT molecular complexity index is 1670. The molecule has 1 N–H and O–H groups in total. The van der Waals surface area contributed by atoms with Crippen LogP contribution < -0.4 is 5.56 Å². The van der Waals surface area contributed by atoms with Crippen LogP contribution in [0.4, 0.5) is 0 Å². The Morgan fingerprint density at radius 3 is 2.39 bits per heavy atom. The molecule has 2 aromatic heterocycles. The lowest BCUT2D eigenvalue weighted by molar-refractivity contribution is 0.199. The Kier molecular flexibility index (Phi) is 7.16. The van der Waals surface area contributed by atoms with Crippen molar-refractivity contribution in [3.8, 4) is 17.2 Å². The third-order valence-corrected chi connectivity index (χ3v) is 6.86. The first-order valence-corrected chi connectivity index (χ1v) is 12.8. The van der Waals surface area contributed by atoms with Crippen molar-refractivity contribution in [3.63, 3.8) is 0 Å². The number of hydrogen-bond donors (Lipinski definition) is 1. The fourth-order valence-corrected chi connectivity index (χ4v) is 4.85. The molecule has 1 unspecified atom stereocenters. The minimum absolute atomic E-state index is 0.0764. The average Bonchev–Trinajstić information content (AvgIpc) is 3.43. The number of hydrogen-bond acceptors (Lipinski definition) is 5. The highest BCUT2D eigenvalue weighted by atomic mass is 16.3. The number of nitrogens with zero attached hydrogens (tertiary/aromatic N) is 5. The lowest BCUT2D eigenvalue weighted by Gasteiger charge is -2.16. The van der Waals surface area contributed by atoms with Gasteiger partial charge in [-0.05, 0) is 47.2 Å². The molecule has 5 rings (SSSR count). The molecule has 2 heterocycles. The highest BCUT2D eigenvalue weighted by Gasteiger charge is 2.19. The van der Waals surface area contributed by atoms with Crippen LogP contribution in [0.2, 0.25) is 0 Å². The summed E-state index contributed by atoms with van der Waals surface area (Å²) in [5.41, 5.74) is 6.76. The monoisotopic (exact) mass is 503 g/mol. The second kappa shape index (κ2) is 10.8. The van der Waals surface area contributed by atoms with Gasteiger partial charge in [0.1, 0.15) is 6.33 Å². The zero-order valence-corrected chi connectivity index (χ0v) is 21.5. The maximum atomic E-state index is 13.9. The maximum absolute atomic E-state index is 13.9. The van der Waals surface area contributed by atoms with E-state index >= 15 is 0 Å². The fourth-order valence-electron chi connectivity index (χ4n) is 4.85. The van der Waals surface area contributed by atoms with Gasteiger partial charge in [0.25, 0.3) is 5.56 Å². The van der Waals surface area contributed by atoms with Crippen molar-refractivity contribution in [3.05, 3.63) is 123 Å². The summed E-state index contributed by atoms with van der Waals surface area (Å²) < 4.78 is 3.47. The van der Waals surface area contributed by atoms with Crippen molar-refractivity contribution in [2.24, 2.45) is 0 Å². The van der Waals surface area contributed by atoms with Crippen molar-refractivity contribution >= 4 is 5.78 Å². The molecule has 3 aromatic carbocycles. The summed E-state index contributed by atoms with van der Waals surface area (Å²) in [7, 11) is 0. The molecule has 38 heavy (non-hydrogen) atoms. The van der Waals surface area contributed by atoms with Gasteiger partial charge in [0.05, 0.1) is 30.0 Å². The number of aliphatic hydroxyl groups is 1. The number of rotatable bonds is 8. The summed E-state index contributed by atoms with van der Waals surface area (Å²) in [5.74, 6) is 0.519. The predicted molar refractivity (Wildman–Crippen MR) is 147 cm³/mol. The topological polar surface area (TPSA) is 96.2 Å². The average molecular weight is 504 g/mol. The third kappa shape index (κ3) is 4.86. The Hall–Kier alpha value is -4.54. The van der Waals surface area contributed by atoms with E-state index in [0.29, 0.717) is 36.3 Å². The van der Waals surface area contributed by atoms with Gasteiger partial charge >= 0.3 is 0 Å². The van der Waals surface area contributed by atoms with Gasteiger partial charge in [-0.25, -0.2) is 4.52 Å². The lowest BCUT2D eigenvalue weighted by atomic mass is 9.97. The number of aliphatic hydroxyl groups excluding tert-OH is 1. The second-order valence-corrected chi connectivity index (χ2v) is 9.49. The first-order valence-electron chi connectivity index (χ1n) is 12.8. The molecule has 1 atom stereocenters. The van der Waals surface area contributed by atoms with Crippen LogP contribution in [-0.2, 0) is 19.4 Å². The van der Waals surface area contributed by atoms with E-state index < -0.39 is 6.10 Å². The molecule has 0 bridgehead atoms. The van der Waals surface area contributed by atoms with Crippen molar-refractivity contribution in [2.75, 3.05) is 0 Å². The van der Waals surface area contributed by atoms with E-state index in [9.17, 15) is 15.2 Å². The molecular formula is C31H29N5O2. The summed E-state index contributed by atoms with van der Waals surface area (Å²) in [5, 5.41) is 23.8. The summed E-state index contributed by atoms with van der Waals surface area (Å²) in [6.45, 7) is 4.17. The molecule has 0 saturated carbocycles. The number of benzene rings is 3. The van der Waals surface area contributed by atoms with Crippen molar-refractivity contribution in [1.29, 1.82) is 5.26 Å². The number of aryl methyl sites for hydroxylation is 1. The largest absolute Gasteiger partial charge is 0.389 e. The van der Waals surface area contributed by atoms with Gasteiger partial charge in [0.2, 0.25) is 5.78 Å². The van der Waals surface area contributed by atoms with E-state index in [2.05, 4.69) is 23.1 Å². The molecule has 0 radical (unpaired) electrons. The van der Waals surface area contributed by atoms with Crippen LogP contribution in [0.1, 0.15) is 59.9 Å². The lowest BCUT2D eigenvalue weighted by Crippen LogP contribution is -2.30. The van der Waals surface area contributed by atoms with Gasteiger partial charge in [-0.3, -0.25) is 9.36 Å². The Morgan fingerprint density at radius 2 is 1.71 bits per heavy atom. The van der Waals surface area contributed by atoms with Gasteiger partial charge in [0, 0.05) is 12.0 Å². The normalized spacial score (nSPS) is 11.9. The molecular weight excluding hydrogens is 474 g/mol. The number of nitriles is 1. The zero-order valence-electron chi connectivity index (χ0n) is 21.5. The first kappa shape index (κ1) is 25.1. The van der Waals surface area contributed by atoms with Crippen molar-refractivity contribution in [2.45, 2.75) is 45.8 Å². The first-order chi connectivity index (χ1) is 18.5. The van der Waals surface area contributed by atoms with Gasteiger partial charge < -0.3 is 5.11 Å². The van der Waals surface area contributed by atoms with Crippen LogP contribution in [0, 0.1) is 11.3 Å². The fraction of sp³-hybridized carbons (Fsp3) is 0.226. The summed E-state index contributed by atoms with van der Waals surface area (Å²) in [6.07, 6.45) is 2.99. The molecule has 7 nitrogen and oxygen atoms in total. The van der Waals surface area contributed by atoms with Gasteiger partial charge in [0.15, 0.2) is 0 Å². The third-order valence-electron chi connectivity index (χ3n) is 6.86. The molecule has 0 aliphatic rings. The summed E-state index contributed by atoms with van der Waals surface area (Å²) in [6, 6.07) is 25.4. The van der Waals surface area contributed by atoms with E-state index in [4.69, 9.17) is 0 Å². The molecule has 0 aliphatic carbocycles. The van der Waals surface area contributed by atoms with Gasteiger partial charge in [-0.1, -0.05) is 80.1 Å². The summed E-state index contributed by atoms with van der Waals surface area (Å²) >= 11 is 0. The molecule has 0 amide bonds. The zero-order chi connectivity index (χ0) is 26.6. The van der Waals surface area contributed by atoms with Crippen LogP contribution in [-0.4, -0.2) is 24.3 Å². The van der Waals surface area contributed by atoms with Gasteiger partial charge in [-0.15, -0.1) is 0 Å². The SMILES string of the molecule is CCCc1c(Cc2ccc(-c3ccccc3C#N)cc2)c(=O)n(Cc2ccc(C(C)O)cc2)c2ncnn12. The highest BCUT2D eigenvalue weighted by Crippen LogP contribution is 2.24. The second-order valence-electron chi connectivity index (χ2n) is 9.49. The maximum Gasteiger partial charge on any atom is 0.259 e. The van der Waals surface area contributed by atoms with E-state index in [1.807, 2.05) is 72.8 Å². The predicted octanol–water partition coefficient (Wildman–Crippen LogP) is 5.07. The Labute approximate surface area is 221 Å². The smallest absolute Gasteiger partial charge is 0.259 e. The quantitative estimate of drug-likeness (QED) is 0.319. The van der Waals surface area contributed by atoms with E-state index in [1.165, 1.54) is 6.33 Å². The van der Waals surface area contributed by atoms with Crippen LogP contribution in [0.5, 0.6) is 0 Å². The number of aromatic nitrogens is 4. The van der Waals surface area contributed by atoms with Crippen molar-refractivity contribution in [1.82, 2.24) is 19.2 Å². The molecule has 0 spiro atoms. The van der Waals surface area contributed by atoms with E-state index in [-0.39, 0.29) is 5.56 Å². The molecule has 0 aliphatic heterocycles. The van der Waals surface area contributed by atoms with Crippen LogP contribution in [0.3, 0.4) is 0 Å². The minimum Gasteiger partial charge on any atom is -0.389 e.